The van der Waals surface area contributed by atoms with Gasteiger partial charge in [0.25, 0.3) is 0 Å². The Morgan fingerprint density at radius 3 is 3.05 bits per heavy atom. The number of nitrogens with one attached hydrogen (secondary N) is 1. The number of aromatic nitrogens is 2. The first-order valence-electron chi connectivity index (χ1n) is 7.72. The van der Waals surface area contributed by atoms with Gasteiger partial charge in [0.1, 0.15) is 10.7 Å². The van der Waals surface area contributed by atoms with Gasteiger partial charge in [-0.05, 0) is 39.4 Å². The summed E-state index contributed by atoms with van der Waals surface area (Å²) in [5, 5.41) is 8.83. The zero-order chi connectivity index (χ0) is 14.4. The molecule has 6 heteroatoms. The minimum Gasteiger partial charge on any atom is -0.374 e. The second-order valence-electron chi connectivity index (χ2n) is 5.60. The number of anilines is 1. The number of nitrogens with zero attached hydrogens (tertiary/aromatic N) is 4. The topological polar surface area (TPSA) is 44.3 Å². The molecule has 1 aromatic heterocycles. The van der Waals surface area contributed by atoms with Crippen LogP contribution in [0.5, 0.6) is 0 Å². The summed E-state index contributed by atoms with van der Waals surface area (Å²) in [6.45, 7) is 9.86. The highest BCUT2D eigenvalue weighted by atomic mass is 32.1. The van der Waals surface area contributed by atoms with Crippen LogP contribution >= 0.6 is 11.5 Å². The molecule has 1 saturated heterocycles. The van der Waals surface area contributed by atoms with Crippen molar-refractivity contribution < 1.29 is 0 Å². The lowest BCUT2D eigenvalue weighted by atomic mass is 10.2. The van der Waals surface area contributed by atoms with Gasteiger partial charge in [0.05, 0.1) is 0 Å². The molecule has 0 spiro atoms. The summed E-state index contributed by atoms with van der Waals surface area (Å²) in [6.07, 6.45) is 3.79. The van der Waals surface area contributed by atoms with Crippen molar-refractivity contribution in [1.82, 2.24) is 19.4 Å². The lowest BCUT2D eigenvalue weighted by molar-refractivity contribution is 0.194. The number of rotatable bonds is 8. The van der Waals surface area contributed by atoms with Crippen LogP contribution in [-0.4, -0.2) is 58.7 Å². The number of hydrogen-bond acceptors (Lipinski definition) is 6. The van der Waals surface area contributed by atoms with Gasteiger partial charge < -0.3 is 5.32 Å². The zero-order valence-corrected chi connectivity index (χ0v) is 13.7. The molecule has 1 N–H and O–H groups in total. The van der Waals surface area contributed by atoms with Crippen LogP contribution in [0.1, 0.15) is 38.8 Å². The quantitative estimate of drug-likeness (QED) is 0.797. The Morgan fingerprint density at radius 1 is 1.45 bits per heavy atom. The van der Waals surface area contributed by atoms with Crippen molar-refractivity contribution in [3.05, 3.63) is 5.69 Å². The van der Waals surface area contributed by atoms with Crippen molar-refractivity contribution >= 4 is 16.5 Å². The Hall–Kier alpha value is -0.720. The van der Waals surface area contributed by atoms with Gasteiger partial charge in [-0.15, -0.1) is 5.10 Å². The summed E-state index contributed by atoms with van der Waals surface area (Å²) in [6, 6.07) is 0.712. The van der Waals surface area contributed by atoms with Crippen molar-refractivity contribution in [3.63, 3.8) is 0 Å². The molecule has 0 aliphatic carbocycles. The van der Waals surface area contributed by atoms with E-state index in [2.05, 4.69) is 45.6 Å². The van der Waals surface area contributed by atoms with Crippen LogP contribution in [0.25, 0.3) is 0 Å². The molecule has 0 amide bonds. The lowest BCUT2D eigenvalue weighted by Gasteiger charge is -2.27. The number of likely N-dealkylation sites (tertiary alicyclic amines) is 1. The molecule has 1 aliphatic rings. The summed E-state index contributed by atoms with van der Waals surface area (Å²) >= 11 is 1.47. The highest BCUT2D eigenvalue weighted by Crippen LogP contribution is 2.21. The van der Waals surface area contributed by atoms with Crippen molar-refractivity contribution in [2.75, 3.05) is 38.5 Å². The van der Waals surface area contributed by atoms with Gasteiger partial charge in [0.15, 0.2) is 0 Å². The van der Waals surface area contributed by atoms with Crippen molar-refractivity contribution in [1.29, 1.82) is 0 Å². The highest BCUT2D eigenvalue weighted by molar-refractivity contribution is 7.10. The third-order valence-electron chi connectivity index (χ3n) is 3.94. The Balaban J connectivity index is 1.84. The Morgan fingerprint density at radius 2 is 2.30 bits per heavy atom. The maximum atomic E-state index is 4.27. The molecule has 5 nitrogen and oxygen atoms in total. The molecule has 0 saturated carbocycles. The van der Waals surface area contributed by atoms with Crippen LogP contribution in [0.15, 0.2) is 0 Å². The fourth-order valence-electron chi connectivity index (χ4n) is 2.88. The smallest absolute Gasteiger partial charge is 0.134 e. The first-order chi connectivity index (χ1) is 9.74. The molecule has 0 aromatic carbocycles. The standard InChI is InChI=1S/C14H27N5S/c1-4-8-15-14-13(16-17-20-14)11-18(3)10-12-7-6-9-19(12)5-2/h12,15H,4-11H2,1-3H3. The fraction of sp³-hybridized carbons (Fsp3) is 0.857. The third kappa shape index (κ3) is 4.14. The van der Waals surface area contributed by atoms with Gasteiger partial charge in [-0.3, -0.25) is 9.80 Å². The molecule has 1 aromatic rings. The van der Waals surface area contributed by atoms with E-state index in [-0.39, 0.29) is 0 Å². The van der Waals surface area contributed by atoms with Crippen LogP contribution in [0.4, 0.5) is 5.00 Å². The molecule has 1 unspecified atom stereocenters. The molecule has 20 heavy (non-hydrogen) atoms. The molecule has 0 bridgehead atoms. The second-order valence-corrected chi connectivity index (χ2v) is 6.35. The van der Waals surface area contributed by atoms with E-state index in [1.807, 2.05) is 0 Å². The van der Waals surface area contributed by atoms with Gasteiger partial charge in [-0.25, -0.2) is 0 Å². The molecule has 1 atom stereocenters. The second kappa shape index (κ2) is 7.90. The average molecular weight is 297 g/mol. The van der Waals surface area contributed by atoms with Gasteiger partial charge in [-0.2, -0.15) is 0 Å². The van der Waals surface area contributed by atoms with E-state index in [0.717, 1.165) is 36.8 Å². The number of likely N-dealkylation sites (N-methyl/N-ethyl adjacent to an activating group) is 2. The van der Waals surface area contributed by atoms with E-state index in [4.69, 9.17) is 0 Å². The van der Waals surface area contributed by atoms with E-state index >= 15 is 0 Å². The van der Waals surface area contributed by atoms with Crippen LogP contribution in [-0.2, 0) is 6.54 Å². The molecule has 114 valence electrons. The van der Waals surface area contributed by atoms with Gasteiger partial charge in [0, 0.05) is 37.2 Å². The van der Waals surface area contributed by atoms with Crippen LogP contribution in [0.2, 0.25) is 0 Å². The number of hydrogen-bond donors (Lipinski definition) is 1. The maximum Gasteiger partial charge on any atom is 0.134 e. The van der Waals surface area contributed by atoms with Crippen molar-refractivity contribution in [2.24, 2.45) is 0 Å². The summed E-state index contributed by atoms with van der Waals surface area (Å²) in [5.74, 6) is 0. The fourth-order valence-corrected chi connectivity index (χ4v) is 3.48. The molecule has 2 heterocycles. The van der Waals surface area contributed by atoms with Gasteiger partial charge in [0.2, 0.25) is 0 Å². The first kappa shape index (κ1) is 15.7. The zero-order valence-electron chi connectivity index (χ0n) is 12.9. The molecule has 2 rings (SSSR count). The molecule has 1 aliphatic heterocycles. The summed E-state index contributed by atoms with van der Waals surface area (Å²) < 4.78 is 4.08. The average Bonchev–Trinajstić information content (AvgIpc) is 3.05. The minimum atomic E-state index is 0.712. The summed E-state index contributed by atoms with van der Waals surface area (Å²) in [4.78, 5) is 4.97. The monoisotopic (exact) mass is 297 g/mol. The maximum absolute atomic E-state index is 4.27. The van der Waals surface area contributed by atoms with Crippen molar-refractivity contribution in [2.45, 2.75) is 45.7 Å². The lowest BCUT2D eigenvalue weighted by Crippen LogP contribution is -2.38. The Labute approximate surface area is 126 Å². The van der Waals surface area contributed by atoms with Gasteiger partial charge in [-0.1, -0.05) is 18.3 Å². The van der Waals surface area contributed by atoms with Gasteiger partial charge >= 0.3 is 0 Å². The van der Waals surface area contributed by atoms with Crippen LogP contribution < -0.4 is 5.32 Å². The molecular weight excluding hydrogens is 270 g/mol. The van der Waals surface area contributed by atoms with Crippen LogP contribution in [0.3, 0.4) is 0 Å². The Kier molecular flexibility index (Phi) is 6.19. The molecular formula is C14H27N5S. The normalized spacial score (nSPS) is 19.9. The largest absolute Gasteiger partial charge is 0.374 e. The predicted molar refractivity (Wildman–Crippen MR) is 85.3 cm³/mol. The minimum absolute atomic E-state index is 0.712. The van der Waals surface area contributed by atoms with E-state index in [1.165, 1.54) is 37.5 Å². The van der Waals surface area contributed by atoms with E-state index in [0.29, 0.717) is 6.04 Å². The molecule has 1 fully saturated rings. The Bertz CT molecular complexity index is 395. The molecule has 0 radical (unpaired) electrons. The van der Waals surface area contributed by atoms with E-state index in [9.17, 15) is 0 Å². The first-order valence-corrected chi connectivity index (χ1v) is 8.49. The van der Waals surface area contributed by atoms with Crippen molar-refractivity contribution in [3.8, 4) is 0 Å². The predicted octanol–water partition coefficient (Wildman–Crippen LogP) is 2.28. The van der Waals surface area contributed by atoms with Crippen LogP contribution in [0, 0.1) is 0 Å². The highest BCUT2D eigenvalue weighted by Gasteiger charge is 2.24. The SMILES string of the molecule is CCCNc1snnc1CN(C)CC1CCCN1CC. The summed E-state index contributed by atoms with van der Waals surface area (Å²) in [5.41, 5.74) is 1.09. The third-order valence-corrected chi connectivity index (χ3v) is 4.66. The summed E-state index contributed by atoms with van der Waals surface area (Å²) in [7, 11) is 2.19. The van der Waals surface area contributed by atoms with E-state index in [1.54, 1.807) is 0 Å². The van der Waals surface area contributed by atoms with E-state index < -0.39 is 0 Å².